The van der Waals surface area contributed by atoms with Crippen LogP contribution >= 0.6 is 0 Å². The van der Waals surface area contributed by atoms with E-state index in [4.69, 9.17) is 9.47 Å². The first-order valence-corrected chi connectivity index (χ1v) is 21.2. The third kappa shape index (κ3) is 23.6. The molecule has 0 saturated carbocycles. The fraction of sp³-hybridized carbons (Fsp3) is 0.929. The molecule has 7 N–H and O–H groups in total. The zero-order chi connectivity index (χ0) is 38.6. The van der Waals surface area contributed by atoms with Gasteiger partial charge in [-0.1, -0.05) is 168 Å². The lowest BCUT2D eigenvalue weighted by Crippen LogP contribution is -2.60. The maximum absolute atomic E-state index is 13.0. The summed E-state index contributed by atoms with van der Waals surface area (Å²) in [5.74, 6) is 0.963. The van der Waals surface area contributed by atoms with Crippen LogP contribution in [-0.4, -0.2) is 98.7 Å². The molecule has 1 amide bonds. The third-order valence-electron chi connectivity index (χ3n) is 10.3. The second kappa shape index (κ2) is 31.1. The lowest BCUT2D eigenvalue weighted by molar-refractivity contribution is -0.302. The van der Waals surface area contributed by atoms with Crippen LogP contribution in [0.15, 0.2) is 12.2 Å². The van der Waals surface area contributed by atoms with Gasteiger partial charge in [0.05, 0.1) is 25.4 Å². The van der Waals surface area contributed by atoms with E-state index in [1.54, 1.807) is 6.08 Å². The molecule has 0 radical (unpaired) electrons. The summed E-state index contributed by atoms with van der Waals surface area (Å²) < 4.78 is 11.1. The number of amides is 1. The smallest absolute Gasteiger partial charge is 0.249 e. The molecule has 308 valence electrons. The molecule has 8 atom stereocenters. The van der Waals surface area contributed by atoms with Gasteiger partial charge in [0, 0.05) is 0 Å². The minimum Gasteiger partial charge on any atom is -0.394 e. The largest absolute Gasteiger partial charge is 0.394 e. The normalized spacial score (nSPS) is 22.7. The first-order valence-electron chi connectivity index (χ1n) is 21.2. The molecule has 0 aromatic heterocycles. The average molecular weight is 744 g/mol. The summed E-state index contributed by atoms with van der Waals surface area (Å²) in [5.41, 5.74) is 0. The summed E-state index contributed by atoms with van der Waals surface area (Å²) in [4.78, 5) is 13.0. The Morgan fingerprint density at radius 2 is 1.10 bits per heavy atom. The van der Waals surface area contributed by atoms with E-state index in [1.165, 1.54) is 96.3 Å². The Morgan fingerprint density at radius 3 is 1.56 bits per heavy atom. The topological polar surface area (TPSA) is 169 Å². The lowest BCUT2D eigenvalue weighted by atomic mass is 9.99. The van der Waals surface area contributed by atoms with Crippen molar-refractivity contribution in [3.63, 3.8) is 0 Å². The SMILES string of the molecule is CC(C)CCCCCCCCCCC/C=C/[C@@H](O)[C@H](CO[C@H]1O[C@@H](CO)[C@@H](O)[C@@H](O)[C@@H]1O)NC(=O)[C@H](O)CCCCCCCCCCCCC(C)C. The first kappa shape index (κ1) is 48.9. The minimum atomic E-state index is -1.61. The van der Waals surface area contributed by atoms with Crippen molar-refractivity contribution in [2.24, 2.45) is 11.8 Å². The Balaban J connectivity index is 2.48. The van der Waals surface area contributed by atoms with Crippen LogP contribution < -0.4 is 5.32 Å². The molecule has 0 spiro atoms. The summed E-state index contributed by atoms with van der Waals surface area (Å²) in [7, 11) is 0. The van der Waals surface area contributed by atoms with Crippen molar-refractivity contribution in [1.29, 1.82) is 0 Å². The molecule has 0 unspecified atom stereocenters. The van der Waals surface area contributed by atoms with Crippen molar-refractivity contribution in [2.75, 3.05) is 13.2 Å². The van der Waals surface area contributed by atoms with E-state index in [1.807, 2.05) is 6.08 Å². The number of aliphatic hydroxyl groups is 6. The van der Waals surface area contributed by atoms with Crippen molar-refractivity contribution in [3.8, 4) is 0 Å². The monoisotopic (exact) mass is 744 g/mol. The van der Waals surface area contributed by atoms with Crippen molar-refractivity contribution < 1.29 is 44.9 Å². The van der Waals surface area contributed by atoms with E-state index in [0.29, 0.717) is 6.42 Å². The molecule has 1 heterocycles. The van der Waals surface area contributed by atoms with Gasteiger partial charge in [0.2, 0.25) is 5.91 Å². The number of carbonyl (C=O) groups is 1. The number of aliphatic hydroxyl groups excluding tert-OH is 6. The van der Waals surface area contributed by atoms with Crippen molar-refractivity contribution in [3.05, 3.63) is 12.2 Å². The second-order valence-corrected chi connectivity index (χ2v) is 16.2. The zero-order valence-corrected chi connectivity index (χ0v) is 33.5. The van der Waals surface area contributed by atoms with Crippen LogP contribution in [0.5, 0.6) is 0 Å². The molecule has 52 heavy (non-hydrogen) atoms. The van der Waals surface area contributed by atoms with E-state index >= 15 is 0 Å². The molecule has 1 saturated heterocycles. The molecule has 0 aliphatic carbocycles. The van der Waals surface area contributed by atoms with Crippen LogP contribution in [0.25, 0.3) is 0 Å². The molecule has 1 aliphatic heterocycles. The number of allylic oxidation sites excluding steroid dienone is 1. The fourth-order valence-corrected chi connectivity index (χ4v) is 6.77. The Kier molecular flexibility index (Phi) is 29.3. The zero-order valence-electron chi connectivity index (χ0n) is 33.5. The third-order valence-corrected chi connectivity index (χ3v) is 10.3. The van der Waals surface area contributed by atoms with Gasteiger partial charge < -0.3 is 45.4 Å². The molecule has 0 aromatic rings. The predicted octanol–water partition coefficient (Wildman–Crippen LogP) is 6.85. The molecule has 10 nitrogen and oxygen atoms in total. The van der Waals surface area contributed by atoms with Crippen molar-refractivity contribution in [1.82, 2.24) is 5.32 Å². The molecule has 1 rings (SSSR count). The van der Waals surface area contributed by atoms with Crippen LogP contribution in [0.1, 0.15) is 175 Å². The van der Waals surface area contributed by atoms with Crippen LogP contribution in [0.3, 0.4) is 0 Å². The Hall–Kier alpha value is -1.11. The average Bonchev–Trinajstić information content (AvgIpc) is 3.11. The molecule has 1 fully saturated rings. The molecule has 0 aromatic carbocycles. The number of rotatable bonds is 33. The standard InChI is InChI=1S/C42H81NO9/c1-32(2)26-22-18-14-10-6-5-7-12-16-20-24-28-35(45)34(31-51-42-40(49)39(48)38(47)37(30-44)52-42)43-41(50)36(46)29-25-21-17-13-9-8-11-15-19-23-27-33(3)4/h24,28,32-40,42,44-49H,5-23,25-27,29-31H2,1-4H3,(H,43,50)/b28-24+/t34-,35+,36+,37-,38+,39+,40-,42-/m0/s1. The Morgan fingerprint density at radius 1 is 0.654 bits per heavy atom. The number of nitrogens with one attached hydrogen (secondary N) is 1. The highest BCUT2D eigenvalue weighted by Crippen LogP contribution is 2.23. The summed E-state index contributed by atoms with van der Waals surface area (Å²) in [6, 6.07) is -0.975. The quantitative estimate of drug-likeness (QED) is 0.0281. The van der Waals surface area contributed by atoms with Crippen LogP contribution in [0, 0.1) is 11.8 Å². The van der Waals surface area contributed by atoms with Crippen LogP contribution in [0.2, 0.25) is 0 Å². The Bertz CT molecular complexity index is 870. The van der Waals surface area contributed by atoms with Gasteiger partial charge in [-0.25, -0.2) is 0 Å². The lowest BCUT2D eigenvalue weighted by Gasteiger charge is -2.40. The maximum atomic E-state index is 13.0. The molecule has 0 bridgehead atoms. The Labute approximate surface area is 317 Å². The summed E-state index contributed by atoms with van der Waals surface area (Å²) in [5, 5.41) is 64.5. The van der Waals surface area contributed by atoms with Gasteiger partial charge in [-0.2, -0.15) is 0 Å². The van der Waals surface area contributed by atoms with Gasteiger partial charge in [-0.15, -0.1) is 0 Å². The molecule has 10 heteroatoms. The van der Waals surface area contributed by atoms with Gasteiger partial charge in [0.25, 0.3) is 0 Å². The van der Waals surface area contributed by atoms with Crippen LogP contribution in [0.4, 0.5) is 0 Å². The number of carbonyl (C=O) groups excluding carboxylic acids is 1. The molecule has 1 aliphatic rings. The maximum Gasteiger partial charge on any atom is 0.249 e. The van der Waals surface area contributed by atoms with Crippen LogP contribution in [-0.2, 0) is 14.3 Å². The highest BCUT2D eigenvalue weighted by atomic mass is 16.7. The van der Waals surface area contributed by atoms with Crippen molar-refractivity contribution in [2.45, 2.75) is 224 Å². The summed E-state index contributed by atoms with van der Waals surface area (Å²) in [6.45, 7) is 8.21. The highest BCUT2D eigenvalue weighted by molar-refractivity contribution is 5.80. The number of hydrogen-bond donors (Lipinski definition) is 7. The number of hydrogen-bond acceptors (Lipinski definition) is 9. The van der Waals surface area contributed by atoms with E-state index in [0.717, 1.165) is 56.8 Å². The van der Waals surface area contributed by atoms with Gasteiger partial charge in [-0.05, 0) is 31.1 Å². The van der Waals surface area contributed by atoms with Crippen molar-refractivity contribution >= 4 is 5.91 Å². The van der Waals surface area contributed by atoms with Gasteiger partial charge in [-0.3, -0.25) is 4.79 Å². The summed E-state index contributed by atoms with van der Waals surface area (Å²) >= 11 is 0. The second-order valence-electron chi connectivity index (χ2n) is 16.2. The van der Waals surface area contributed by atoms with E-state index < -0.39 is 61.5 Å². The van der Waals surface area contributed by atoms with E-state index in [2.05, 4.69) is 33.0 Å². The number of ether oxygens (including phenoxy) is 2. The van der Waals surface area contributed by atoms with E-state index in [9.17, 15) is 35.4 Å². The summed E-state index contributed by atoms with van der Waals surface area (Å²) in [6.07, 6.45) is 20.3. The van der Waals surface area contributed by atoms with Gasteiger partial charge in [0.1, 0.15) is 30.5 Å². The predicted molar refractivity (Wildman–Crippen MR) is 209 cm³/mol. The van der Waals surface area contributed by atoms with Gasteiger partial charge in [0.15, 0.2) is 6.29 Å². The van der Waals surface area contributed by atoms with Gasteiger partial charge >= 0.3 is 0 Å². The minimum absolute atomic E-state index is 0.304. The highest BCUT2D eigenvalue weighted by Gasteiger charge is 2.44. The first-order chi connectivity index (χ1) is 25.0. The number of unbranched alkanes of at least 4 members (excludes halogenated alkanes) is 18. The van der Waals surface area contributed by atoms with E-state index in [-0.39, 0.29) is 6.61 Å². The molecular weight excluding hydrogens is 662 g/mol. The fourth-order valence-electron chi connectivity index (χ4n) is 6.77. The molecular formula is C42H81NO9.